The van der Waals surface area contributed by atoms with E-state index in [9.17, 15) is 10.2 Å². The minimum atomic E-state index is 0.121. The van der Waals surface area contributed by atoms with Gasteiger partial charge in [-0.15, -0.1) is 0 Å². The summed E-state index contributed by atoms with van der Waals surface area (Å²) < 4.78 is 1.14. The number of aromatic hydroxyl groups is 2. The number of hydrogen-bond donors (Lipinski definition) is 2. The highest BCUT2D eigenvalue weighted by Gasteiger charge is 2.16. The number of phenols is 2. The number of nitrogens with zero attached hydrogens (tertiary/aromatic N) is 2. The molecule has 0 aromatic heterocycles. The number of halogens is 4. The van der Waals surface area contributed by atoms with E-state index in [0.29, 0.717) is 30.1 Å². The molecule has 4 aromatic rings. The van der Waals surface area contributed by atoms with Crippen molar-refractivity contribution in [2.45, 2.75) is 27.7 Å². The SMILES string of the molecule is Cc1c(Cl)c(C)c(C=Nc2ccc(-c3ccc(N=Cc4c(C)c(Cl)c(C)c(Br)c4O)cc3)cc2)c(O)c1Br. The van der Waals surface area contributed by atoms with Gasteiger partial charge in [-0.3, -0.25) is 9.98 Å². The molecule has 0 spiro atoms. The van der Waals surface area contributed by atoms with Crippen LogP contribution in [0.2, 0.25) is 10.0 Å². The van der Waals surface area contributed by atoms with Crippen LogP contribution in [-0.4, -0.2) is 22.6 Å². The van der Waals surface area contributed by atoms with Gasteiger partial charge in [0.25, 0.3) is 0 Å². The Labute approximate surface area is 249 Å². The summed E-state index contributed by atoms with van der Waals surface area (Å²) in [6, 6.07) is 15.6. The van der Waals surface area contributed by atoms with E-state index < -0.39 is 0 Å². The predicted octanol–water partition coefficient (Wildman–Crippen LogP) is 10.3. The summed E-state index contributed by atoms with van der Waals surface area (Å²) >= 11 is 19.6. The molecule has 0 saturated heterocycles. The fourth-order valence-corrected chi connectivity index (χ4v) is 5.46. The highest BCUT2D eigenvalue weighted by molar-refractivity contribution is 9.11. The van der Waals surface area contributed by atoms with Gasteiger partial charge in [-0.1, -0.05) is 47.5 Å². The molecule has 0 atom stereocenters. The molecule has 194 valence electrons. The van der Waals surface area contributed by atoms with E-state index in [-0.39, 0.29) is 11.5 Å². The van der Waals surface area contributed by atoms with Crippen molar-refractivity contribution >= 4 is 78.9 Å². The molecule has 4 rings (SSSR count). The van der Waals surface area contributed by atoms with Crippen LogP contribution in [0.25, 0.3) is 11.1 Å². The van der Waals surface area contributed by atoms with E-state index in [4.69, 9.17) is 23.2 Å². The van der Waals surface area contributed by atoms with Crippen LogP contribution in [0.4, 0.5) is 11.4 Å². The van der Waals surface area contributed by atoms with Crippen LogP contribution in [0.3, 0.4) is 0 Å². The summed E-state index contributed by atoms with van der Waals surface area (Å²) in [5.41, 5.74) is 7.85. The molecule has 8 heteroatoms. The smallest absolute Gasteiger partial charge is 0.139 e. The second kappa shape index (κ2) is 11.6. The van der Waals surface area contributed by atoms with E-state index in [1.807, 2.05) is 76.2 Å². The summed E-state index contributed by atoms with van der Waals surface area (Å²) in [5.74, 6) is 0.243. The molecule has 0 heterocycles. The first kappa shape index (κ1) is 28.4. The molecule has 2 N–H and O–H groups in total. The fraction of sp³-hybridized carbons (Fsp3) is 0.133. The zero-order valence-corrected chi connectivity index (χ0v) is 25.8. The van der Waals surface area contributed by atoms with Gasteiger partial charge in [0.05, 0.1) is 20.3 Å². The van der Waals surface area contributed by atoms with Crippen molar-refractivity contribution in [3.63, 3.8) is 0 Å². The average Bonchev–Trinajstić information content (AvgIpc) is 2.93. The molecule has 0 fully saturated rings. The van der Waals surface area contributed by atoms with E-state index >= 15 is 0 Å². The first-order valence-electron chi connectivity index (χ1n) is 11.6. The third-order valence-corrected chi connectivity index (χ3v) is 9.54. The maximum Gasteiger partial charge on any atom is 0.139 e. The molecule has 38 heavy (non-hydrogen) atoms. The summed E-state index contributed by atoms with van der Waals surface area (Å²) in [7, 11) is 0. The van der Waals surface area contributed by atoms with Crippen molar-refractivity contribution in [1.82, 2.24) is 0 Å². The third kappa shape index (κ3) is 5.55. The van der Waals surface area contributed by atoms with E-state index in [1.54, 1.807) is 12.4 Å². The number of aliphatic imine (C=N–C) groups is 2. The van der Waals surface area contributed by atoms with Crippen molar-refractivity contribution in [2.75, 3.05) is 0 Å². The third-order valence-electron chi connectivity index (χ3n) is 6.46. The lowest BCUT2D eigenvalue weighted by Crippen LogP contribution is -1.94. The molecule has 0 unspecified atom stereocenters. The number of rotatable bonds is 5. The minimum absolute atomic E-state index is 0.121. The molecule has 0 aliphatic heterocycles. The molecule has 0 radical (unpaired) electrons. The zero-order valence-electron chi connectivity index (χ0n) is 21.1. The van der Waals surface area contributed by atoms with Crippen LogP contribution in [0.15, 0.2) is 67.5 Å². The second-order valence-corrected chi connectivity index (χ2v) is 11.2. The Hall–Kier alpha value is -2.64. The van der Waals surface area contributed by atoms with Crippen LogP contribution in [0.5, 0.6) is 11.5 Å². The molecule has 0 amide bonds. The normalized spacial score (nSPS) is 11.7. The van der Waals surface area contributed by atoms with Crippen molar-refractivity contribution < 1.29 is 10.2 Å². The van der Waals surface area contributed by atoms with Crippen LogP contribution < -0.4 is 0 Å². The molecule has 0 aliphatic rings. The first-order chi connectivity index (χ1) is 18.0. The standard InChI is InChI=1S/C30H24Br2Cl2N2O2/c1-15-23(29(37)25(31)17(3)27(15)33)13-35-21-9-5-19(6-10-21)20-7-11-22(12-8-20)36-14-24-16(2)28(34)18(4)26(32)30(24)38/h5-14,37-38H,1-4H3. The largest absolute Gasteiger partial charge is 0.506 e. The molecule has 0 aliphatic carbocycles. The quantitative estimate of drug-likeness (QED) is 0.207. The van der Waals surface area contributed by atoms with Crippen LogP contribution in [-0.2, 0) is 0 Å². The van der Waals surface area contributed by atoms with E-state index in [0.717, 1.165) is 44.8 Å². The fourth-order valence-electron chi connectivity index (χ4n) is 4.01. The summed E-state index contributed by atoms with van der Waals surface area (Å²) in [6.07, 6.45) is 3.25. The van der Waals surface area contributed by atoms with Gasteiger partial charge in [-0.2, -0.15) is 0 Å². The Morgan fingerprint density at radius 3 is 1.21 bits per heavy atom. The van der Waals surface area contributed by atoms with Crippen LogP contribution in [0, 0.1) is 27.7 Å². The maximum absolute atomic E-state index is 10.5. The zero-order chi connectivity index (χ0) is 27.7. The topological polar surface area (TPSA) is 65.2 Å². The van der Waals surface area contributed by atoms with Crippen molar-refractivity contribution in [2.24, 2.45) is 9.98 Å². The monoisotopic (exact) mass is 672 g/mol. The Morgan fingerprint density at radius 1 is 0.579 bits per heavy atom. The first-order valence-corrected chi connectivity index (χ1v) is 14.0. The van der Waals surface area contributed by atoms with Crippen molar-refractivity contribution in [3.05, 3.63) is 101 Å². The lowest BCUT2D eigenvalue weighted by molar-refractivity contribution is 0.469. The van der Waals surface area contributed by atoms with Crippen LogP contribution >= 0.6 is 55.1 Å². The molecular formula is C30H24Br2Cl2N2O2. The lowest BCUT2D eigenvalue weighted by atomic mass is 10.0. The van der Waals surface area contributed by atoms with Gasteiger partial charge >= 0.3 is 0 Å². The Kier molecular flexibility index (Phi) is 8.68. The molecule has 4 aromatic carbocycles. The Balaban J connectivity index is 1.52. The van der Waals surface area contributed by atoms with Gasteiger partial charge in [0.15, 0.2) is 0 Å². The van der Waals surface area contributed by atoms with Gasteiger partial charge < -0.3 is 10.2 Å². The molecular weight excluding hydrogens is 651 g/mol. The van der Waals surface area contributed by atoms with Gasteiger partial charge in [0.1, 0.15) is 11.5 Å². The number of benzene rings is 4. The molecule has 0 bridgehead atoms. The highest BCUT2D eigenvalue weighted by atomic mass is 79.9. The Morgan fingerprint density at radius 2 is 0.895 bits per heavy atom. The lowest BCUT2D eigenvalue weighted by Gasteiger charge is -2.12. The number of hydrogen-bond acceptors (Lipinski definition) is 4. The Bertz CT molecular complexity index is 1420. The minimum Gasteiger partial charge on any atom is -0.506 e. The summed E-state index contributed by atoms with van der Waals surface area (Å²) in [5, 5.41) is 22.2. The second-order valence-electron chi connectivity index (χ2n) is 8.89. The average molecular weight is 675 g/mol. The van der Waals surface area contributed by atoms with Gasteiger partial charge in [-0.05, 0) is 117 Å². The van der Waals surface area contributed by atoms with Gasteiger partial charge in [-0.25, -0.2) is 0 Å². The van der Waals surface area contributed by atoms with Crippen molar-refractivity contribution in [3.8, 4) is 22.6 Å². The van der Waals surface area contributed by atoms with Crippen molar-refractivity contribution in [1.29, 1.82) is 0 Å². The summed E-state index contributed by atoms with van der Waals surface area (Å²) in [4.78, 5) is 9.05. The summed E-state index contributed by atoms with van der Waals surface area (Å²) in [6.45, 7) is 7.42. The van der Waals surface area contributed by atoms with Crippen LogP contribution in [0.1, 0.15) is 33.4 Å². The highest BCUT2D eigenvalue weighted by Crippen LogP contribution is 2.39. The number of phenolic OH excluding ortho intramolecular Hbond substituents is 2. The van der Waals surface area contributed by atoms with E-state index in [1.165, 1.54) is 0 Å². The maximum atomic E-state index is 10.5. The van der Waals surface area contributed by atoms with E-state index in [2.05, 4.69) is 41.8 Å². The van der Waals surface area contributed by atoms with Gasteiger partial charge in [0, 0.05) is 33.6 Å². The van der Waals surface area contributed by atoms with Gasteiger partial charge in [0.2, 0.25) is 0 Å². The molecule has 4 nitrogen and oxygen atoms in total. The predicted molar refractivity (Wildman–Crippen MR) is 167 cm³/mol. The molecule has 0 saturated carbocycles.